The van der Waals surface area contributed by atoms with Crippen molar-refractivity contribution in [3.8, 4) is 0 Å². The lowest BCUT2D eigenvalue weighted by Crippen LogP contribution is -2.58. The lowest BCUT2D eigenvalue weighted by molar-refractivity contribution is -0.0773. The van der Waals surface area contributed by atoms with Crippen LogP contribution < -0.4 is 0 Å². The normalized spacial score (nSPS) is 17.7. The lowest BCUT2D eigenvalue weighted by atomic mass is 9.92. The van der Waals surface area contributed by atoms with E-state index in [2.05, 4.69) is 125 Å². The van der Waals surface area contributed by atoms with Gasteiger partial charge in [0.1, 0.15) is 0 Å². The Morgan fingerprint density at radius 3 is 1.29 bits per heavy atom. The van der Waals surface area contributed by atoms with Crippen molar-refractivity contribution in [1.29, 1.82) is 0 Å². The summed E-state index contributed by atoms with van der Waals surface area (Å²) in [5.74, 6) is 0. The molecule has 0 aromatic heterocycles. The van der Waals surface area contributed by atoms with Crippen LogP contribution in [-0.4, -0.2) is 117 Å². The first-order valence-corrected chi connectivity index (χ1v) is 42.0. The second kappa shape index (κ2) is 19.1. The Morgan fingerprint density at radius 1 is 0.500 bits per heavy atom. The van der Waals surface area contributed by atoms with E-state index in [9.17, 15) is 10.2 Å². The SMILES string of the molecule is CC(CCOCC(CO)(CO)COCCC[Si](C)(O[Si](C)(C)C)O[Si](C)(C)O[Si](C)(C)C)[Si](C)(O[Si](C)(C)C)O[Si](C)(C)O[Si](C)(C)C. The van der Waals surface area contributed by atoms with Gasteiger partial charge in [-0.15, -0.1) is 0 Å². The zero-order valence-electron chi connectivity index (χ0n) is 34.6. The molecule has 0 spiro atoms. The van der Waals surface area contributed by atoms with Crippen LogP contribution in [0.3, 0.4) is 0 Å². The molecule has 2 N–H and O–H groups in total. The predicted molar refractivity (Wildman–Crippen MR) is 220 cm³/mol. The molecule has 0 aliphatic rings. The fourth-order valence-corrected chi connectivity index (χ4v) is 41.9. The minimum atomic E-state index is -2.62. The van der Waals surface area contributed by atoms with Gasteiger partial charge in [-0.05, 0) is 137 Å². The third-order valence-corrected chi connectivity index (χ3v) is 34.7. The molecule has 0 amide bonds. The van der Waals surface area contributed by atoms with Crippen molar-refractivity contribution in [2.75, 3.05) is 39.6 Å². The van der Waals surface area contributed by atoms with E-state index in [1.807, 2.05) is 0 Å². The lowest BCUT2D eigenvalue weighted by Gasteiger charge is -2.44. The van der Waals surface area contributed by atoms with Crippen molar-refractivity contribution in [1.82, 2.24) is 0 Å². The highest BCUT2D eigenvalue weighted by Crippen LogP contribution is 2.34. The minimum absolute atomic E-state index is 0.165. The maximum Gasteiger partial charge on any atom is 0.318 e. The summed E-state index contributed by atoms with van der Waals surface area (Å²) in [6.07, 6.45) is 1.51. The fraction of sp³-hybridized carbons (Fsp3) is 1.00. The van der Waals surface area contributed by atoms with Gasteiger partial charge >= 0.3 is 34.2 Å². The van der Waals surface area contributed by atoms with E-state index in [0.717, 1.165) is 18.9 Å². The van der Waals surface area contributed by atoms with Crippen LogP contribution in [-0.2, 0) is 34.2 Å². The summed E-state index contributed by atoms with van der Waals surface area (Å²) in [5.41, 5.74) is -0.722. The molecule has 0 aliphatic heterocycles. The summed E-state index contributed by atoms with van der Waals surface area (Å²) in [6.45, 7) is 42.3. The van der Waals surface area contributed by atoms with E-state index < -0.39 is 72.9 Å². The predicted octanol–water partition coefficient (Wildman–Crippen LogP) is 8.15. The second-order valence-electron chi connectivity index (χ2n) is 18.7. The van der Waals surface area contributed by atoms with Gasteiger partial charge in [0.05, 0.1) is 31.8 Å². The first-order chi connectivity index (χ1) is 21.2. The van der Waals surface area contributed by atoms with Gasteiger partial charge in [0.2, 0.25) is 0 Å². The van der Waals surface area contributed by atoms with Crippen LogP contribution in [0, 0.1) is 5.41 Å². The summed E-state index contributed by atoms with van der Waals surface area (Å²) in [6, 6.07) is 0.787. The van der Waals surface area contributed by atoms with Crippen molar-refractivity contribution in [3.05, 3.63) is 0 Å². The topological polar surface area (TPSA) is 114 Å². The van der Waals surface area contributed by atoms with Gasteiger partial charge < -0.3 is 44.4 Å². The molecule has 290 valence electrons. The van der Waals surface area contributed by atoms with E-state index in [1.54, 1.807) is 0 Å². The monoisotopic (exact) mass is 822 g/mol. The van der Waals surface area contributed by atoms with E-state index in [0.29, 0.717) is 13.2 Å². The van der Waals surface area contributed by atoms with Crippen molar-refractivity contribution in [2.45, 2.75) is 149 Å². The standard InChI is InChI=1S/C30H78O10Si8/c1-29(48(19,38-44(11,12)13)40-46(16,17)36-42(5,6)7)21-23-34-28-30(25-31,26-32)27-33-22-20-24-47(18,37-43(8,9)10)39-45(14,15)35-41(2,3)4/h29,31-32H,20-28H2,1-19H3. The van der Waals surface area contributed by atoms with Crippen LogP contribution in [0.4, 0.5) is 0 Å². The van der Waals surface area contributed by atoms with Gasteiger partial charge in [-0.25, -0.2) is 0 Å². The molecule has 0 radical (unpaired) electrons. The molecule has 10 nitrogen and oxygen atoms in total. The van der Waals surface area contributed by atoms with Gasteiger partial charge in [0, 0.05) is 18.8 Å². The summed E-state index contributed by atoms with van der Waals surface area (Å²) in [7, 11) is -17.2. The van der Waals surface area contributed by atoms with Gasteiger partial charge in [-0.3, -0.25) is 0 Å². The Labute approximate surface area is 304 Å². The van der Waals surface area contributed by atoms with Crippen LogP contribution in [0.2, 0.25) is 129 Å². The molecule has 0 aliphatic carbocycles. The molecule has 0 saturated heterocycles. The first kappa shape index (κ1) is 49.3. The van der Waals surface area contributed by atoms with Crippen LogP contribution >= 0.6 is 0 Å². The Hall–Kier alpha value is 1.34. The van der Waals surface area contributed by atoms with E-state index in [4.69, 9.17) is 34.2 Å². The number of hydrogen-bond donors (Lipinski definition) is 2. The Bertz CT molecular complexity index is 931. The largest absolute Gasteiger partial charge is 0.437 e. The van der Waals surface area contributed by atoms with Gasteiger partial charge in [0.15, 0.2) is 33.3 Å². The van der Waals surface area contributed by atoms with Gasteiger partial charge in [0.25, 0.3) is 0 Å². The van der Waals surface area contributed by atoms with Crippen molar-refractivity contribution < 1.29 is 44.4 Å². The van der Waals surface area contributed by atoms with Crippen molar-refractivity contribution in [2.24, 2.45) is 5.41 Å². The molecule has 0 aromatic rings. The van der Waals surface area contributed by atoms with E-state index in [1.165, 1.54) is 0 Å². The van der Waals surface area contributed by atoms with Crippen molar-refractivity contribution in [3.63, 3.8) is 0 Å². The molecule has 0 rings (SSSR count). The molecule has 0 saturated carbocycles. The number of aliphatic hydroxyl groups is 2. The zero-order chi connectivity index (χ0) is 38.1. The Morgan fingerprint density at radius 2 is 0.896 bits per heavy atom. The summed E-state index contributed by atoms with van der Waals surface area (Å²) >= 11 is 0. The van der Waals surface area contributed by atoms with Crippen molar-refractivity contribution >= 4 is 67.5 Å². The fourth-order valence-electron chi connectivity index (χ4n) is 5.99. The highest BCUT2D eigenvalue weighted by molar-refractivity contribution is 6.90. The maximum absolute atomic E-state index is 10.3. The molecule has 0 aromatic carbocycles. The number of hydrogen-bond acceptors (Lipinski definition) is 10. The zero-order valence-corrected chi connectivity index (χ0v) is 42.6. The maximum atomic E-state index is 10.3. The summed E-state index contributed by atoms with van der Waals surface area (Å²) in [5, 5.41) is 20.6. The molecule has 3 unspecified atom stereocenters. The summed E-state index contributed by atoms with van der Waals surface area (Å²) < 4.78 is 52.4. The molecular formula is C30H78O10Si8. The van der Waals surface area contributed by atoms with Gasteiger partial charge in [-0.2, -0.15) is 0 Å². The van der Waals surface area contributed by atoms with Gasteiger partial charge in [-0.1, -0.05) is 6.92 Å². The Balaban J connectivity index is 5.30. The number of rotatable bonds is 26. The summed E-state index contributed by atoms with van der Waals surface area (Å²) in [4.78, 5) is 0. The quantitative estimate of drug-likeness (QED) is 0.0655. The first-order valence-electron chi connectivity index (χ1n) is 17.8. The third kappa shape index (κ3) is 22.4. The highest BCUT2D eigenvalue weighted by Gasteiger charge is 2.48. The average Bonchev–Trinajstić information content (AvgIpc) is 2.78. The molecule has 3 atom stereocenters. The molecule has 0 bridgehead atoms. The van der Waals surface area contributed by atoms with Crippen LogP contribution in [0.15, 0.2) is 0 Å². The van der Waals surface area contributed by atoms with Crippen LogP contribution in [0.5, 0.6) is 0 Å². The smallest absolute Gasteiger partial charge is 0.318 e. The second-order valence-corrected chi connectivity index (χ2v) is 51.9. The molecule has 0 heterocycles. The van der Waals surface area contributed by atoms with Crippen LogP contribution in [0.1, 0.15) is 19.8 Å². The third-order valence-electron chi connectivity index (χ3n) is 7.04. The molecule has 0 fully saturated rings. The minimum Gasteiger partial charge on any atom is -0.437 e. The van der Waals surface area contributed by atoms with Crippen LogP contribution in [0.25, 0.3) is 0 Å². The highest BCUT2D eigenvalue weighted by atomic mass is 28.5. The number of ether oxygens (including phenoxy) is 2. The molecule has 48 heavy (non-hydrogen) atoms. The molecule has 18 heteroatoms. The Kier molecular flexibility index (Phi) is 19.6. The number of aliphatic hydroxyl groups excluding tert-OH is 2. The molecular weight excluding hydrogens is 745 g/mol. The average molecular weight is 824 g/mol. The van der Waals surface area contributed by atoms with E-state index in [-0.39, 0.29) is 32.0 Å². The van der Waals surface area contributed by atoms with E-state index >= 15 is 0 Å².